The van der Waals surface area contributed by atoms with E-state index in [1.54, 1.807) is 32.1 Å². The van der Waals surface area contributed by atoms with Crippen molar-refractivity contribution in [3.8, 4) is 0 Å². The summed E-state index contributed by atoms with van der Waals surface area (Å²) in [4.78, 5) is 37.9. The number of nitrogens with zero attached hydrogens (tertiary/aromatic N) is 1. The maximum absolute atomic E-state index is 13.4. The number of esters is 2. The molecule has 0 amide bonds. The van der Waals surface area contributed by atoms with Crippen molar-refractivity contribution in [3.63, 3.8) is 0 Å². The van der Waals surface area contributed by atoms with Gasteiger partial charge >= 0.3 is 11.9 Å². The van der Waals surface area contributed by atoms with Gasteiger partial charge in [0.25, 0.3) is 5.69 Å². The summed E-state index contributed by atoms with van der Waals surface area (Å²) >= 11 is 0. The zero-order chi connectivity index (χ0) is 29.2. The molecule has 0 saturated carbocycles. The molecule has 1 aliphatic heterocycles. The lowest BCUT2D eigenvalue weighted by Crippen LogP contribution is -2.32. The number of nitro benzene ring substituents is 1. The molecule has 8 nitrogen and oxygen atoms in total. The summed E-state index contributed by atoms with van der Waals surface area (Å²) in [5, 5.41) is 14.6. The van der Waals surface area contributed by atoms with Crippen LogP contribution in [0.4, 0.5) is 5.69 Å². The lowest BCUT2D eigenvalue weighted by atomic mass is 9.80. The second-order valence-corrected chi connectivity index (χ2v) is 9.31. The van der Waals surface area contributed by atoms with E-state index in [1.165, 1.54) is 18.2 Å². The van der Waals surface area contributed by atoms with Crippen LogP contribution in [0.1, 0.15) is 36.5 Å². The van der Waals surface area contributed by atoms with Crippen LogP contribution in [0.2, 0.25) is 0 Å². The number of hydrogen-bond donors (Lipinski definition) is 1. The van der Waals surface area contributed by atoms with Gasteiger partial charge in [-0.15, -0.1) is 0 Å². The fraction of sp³-hybridized carbons (Fsp3) is 0.152. The van der Waals surface area contributed by atoms with Crippen molar-refractivity contribution in [2.75, 3.05) is 13.2 Å². The Kier molecular flexibility index (Phi) is 9.62. The van der Waals surface area contributed by atoms with E-state index in [0.717, 1.165) is 11.1 Å². The zero-order valence-electron chi connectivity index (χ0n) is 22.8. The average molecular weight is 551 g/mol. The third-order valence-electron chi connectivity index (χ3n) is 6.46. The van der Waals surface area contributed by atoms with Crippen molar-refractivity contribution in [1.82, 2.24) is 5.32 Å². The molecule has 0 radical (unpaired) electrons. The SMILES string of the molecule is CC1=C(C(=O)OC/C=C/c2ccccc2)C(c2cccc([N+](=O)[O-])c2)C(C(=O)OC/C=C/c2ccccc2)=C(C)N1. The lowest BCUT2D eigenvalue weighted by Gasteiger charge is -2.30. The minimum absolute atomic E-state index is 0.00107. The number of rotatable bonds is 10. The maximum atomic E-state index is 13.4. The third kappa shape index (κ3) is 7.45. The quantitative estimate of drug-likeness (QED) is 0.178. The lowest BCUT2D eigenvalue weighted by molar-refractivity contribution is -0.384. The molecule has 41 heavy (non-hydrogen) atoms. The molecule has 208 valence electrons. The number of carbonyl (C=O) groups is 2. The van der Waals surface area contributed by atoms with Crippen LogP contribution in [0, 0.1) is 10.1 Å². The minimum Gasteiger partial charge on any atom is -0.458 e. The van der Waals surface area contributed by atoms with Crippen molar-refractivity contribution in [3.05, 3.63) is 146 Å². The van der Waals surface area contributed by atoms with Crippen LogP contribution in [0.15, 0.2) is 120 Å². The van der Waals surface area contributed by atoms with E-state index in [1.807, 2.05) is 72.8 Å². The molecule has 0 unspecified atom stereocenters. The molecule has 0 spiro atoms. The standard InChI is InChI=1S/C33H30N2O6/c1-23-29(32(36)40-20-10-16-25-12-5-3-6-13-25)31(27-18-9-19-28(22-27)35(38)39)30(24(2)34-23)33(37)41-21-11-17-26-14-7-4-8-15-26/h3-19,22,31,34H,20-21H2,1-2H3/b16-10+,17-11+. The fourth-order valence-corrected chi connectivity index (χ4v) is 4.59. The number of carbonyl (C=O) groups excluding carboxylic acids is 2. The number of nitro groups is 1. The largest absolute Gasteiger partial charge is 0.458 e. The van der Waals surface area contributed by atoms with Crippen LogP contribution in [0.5, 0.6) is 0 Å². The molecule has 0 aromatic heterocycles. The van der Waals surface area contributed by atoms with Crippen LogP contribution in [0.3, 0.4) is 0 Å². The first-order chi connectivity index (χ1) is 19.8. The highest BCUT2D eigenvalue weighted by molar-refractivity contribution is 6.00. The summed E-state index contributed by atoms with van der Waals surface area (Å²) in [6.07, 6.45) is 7.11. The van der Waals surface area contributed by atoms with Gasteiger partial charge in [0.1, 0.15) is 13.2 Å². The first kappa shape index (κ1) is 28.8. The highest BCUT2D eigenvalue weighted by Gasteiger charge is 2.38. The maximum Gasteiger partial charge on any atom is 0.337 e. The van der Waals surface area contributed by atoms with Crippen molar-refractivity contribution < 1.29 is 24.0 Å². The average Bonchev–Trinajstić information content (AvgIpc) is 2.98. The van der Waals surface area contributed by atoms with Crippen LogP contribution in [-0.4, -0.2) is 30.1 Å². The van der Waals surface area contributed by atoms with E-state index in [-0.39, 0.29) is 30.0 Å². The Bertz CT molecular complexity index is 1450. The van der Waals surface area contributed by atoms with E-state index in [2.05, 4.69) is 5.32 Å². The molecule has 3 aromatic rings. The van der Waals surface area contributed by atoms with E-state index in [4.69, 9.17) is 9.47 Å². The first-order valence-corrected chi connectivity index (χ1v) is 13.1. The molecule has 3 aromatic carbocycles. The number of nitrogens with one attached hydrogen (secondary N) is 1. The van der Waals surface area contributed by atoms with Gasteiger partial charge in [0.15, 0.2) is 0 Å². The van der Waals surface area contributed by atoms with Crippen molar-refractivity contribution >= 4 is 29.8 Å². The molecular weight excluding hydrogens is 520 g/mol. The monoisotopic (exact) mass is 550 g/mol. The van der Waals surface area contributed by atoms with Crippen LogP contribution in [0.25, 0.3) is 12.2 Å². The Balaban J connectivity index is 1.60. The molecule has 4 rings (SSSR count). The van der Waals surface area contributed by atoms with E-state index >= 15 is 0 Å². The summed E-state index contributed by atoms with van der Waals surface area (Å²) in [7, 11) is 0. The summed E-state index contributed by atoms with van der Waals surface area (Å²) in [5.41, 5.74) is 3.47. The van der Waals surface area contributed by atoms with Crippen LogP contribution in [-0.2, 0) is 19.1 Å². The Morgan fingerprint density at radius 3 is 1.73 bits per heavy atom. The molecule has 1 aliphatic rings. The highest BCUT2D eigenvalue weighted by Crippen LogP contribution is 2.40. The van der Waals surface area contributed by atoms with Gasteiger partial charge in [-0.25, -0.2) is 9.59 Å². The van der Waals surface area contributed by atoms with Gasteiger partial charge in [-0.3, -0.25) is 10.1 Å². The fourth-order valence-electron chi connectivity index (χ4n) is 4.59. The Morgan fingerprint density at radius 1 is 0.780 bits per heavy atom. The molecule has 0 bridgehead atoms. The molecule has 0 saturated heterocycles. The van der Waals surface area contributed by atoms with Gasteiger partial charge in [-0.1, -0.05) is 84.9 Å². The molecule has 1 heterocycles. The van der Waals surface area contributed by atoms with Gasteiger partial charge < -0.3 is 14.8 Å². The van der Waals surface area contributed by atoms with E-state index < -0.39 is 22.8 Å². The smallest absolute Gasteiger partial charge is 0.337 e. The molecule has 8 heteroatoms. The second-order valence-electron chi connectivity index (χ2n) is 9.31. The second kappa shape index (κ2) is 13.7. The van der Waals surface area contributed by atoms with Crippen molar-refractivity contribution in [2.24, 2.45) is 0 Å². The van der Waals surface area contributed by atoms with E-state index in [9.17, 15) is 19.7 Å². The number of allylic oxidation sites excluding steroid dienone is 2. The van der Waals surface area contributed by atoms with Crippen LogP contribution >= 0.6 is 0 Å². The number of ether oxygens (including phenoxy) is 2. The molecule has 0 aliphatic carbocycles. The summed E-state index contributed by atoms with van der Waals surface area (Å²) in [6, 6.07) is 25.0. The van der Waals surface area contributed by atoms with Gasteiger partial charge in [0.2, 0.25) is 0 Å². The minimum atomic E-state index is -0.938. The van der Waals surface area contributed by atoms with Gasteiger partial charge in [-0.2, -0.15) is 0 Å². The first-order valence-electron chi connectivity index (χ1n) is 13.1. The summed E-state index contributed by atoms with van der Waals surface area (Å²) in [5.74, 6) is -2.23. The van der Waals surface area contributed by atoms with Crippen molar-refractivity contribution in [1.29, 1.82) is 0 Å². The van der Waals surface area contributed by atoms with E-state index in [0.29, 0.717) is 17.0 Å². The topological polar surface area (TPSA) is 108 Å². The predicted octanol–water partition coefficient (Wildman–Crippen LogP) is 6.34. The Morgan fingerprint density at radius 2 is 1.27 bits per heavy atom. The molecule has 0 atom stereocenters. The third-order valence-corrected chi connectivity index (χ3v) is 6.46. The zero-order valence-corrected chi connectivity index (χ0v) is 22.8. The Labute approximate surface area is 238 Å². The summed E-state index contributed by atoms with van der Waals surface area (Å²) < 4.78 is 11.1. The number of non-ortho nitro benzene ring substituents is 1. The van der Waals surface area contributed by atoms with Crippen LogP contribution < -0.4 is 5.32 Å². The van der Waals surface area contributed by atoms with Gasteiger partial charge in [-0.05, 0) is 42.7 Å². The molecule has 1 N–H and O–H groups in total. The highest BCUT2D eigenvalue weighted by atomic mass is 16.6. The van der Waals surface area contributed by atoms with Crippen molar-refractivity contribution in [2.45, 2.75) is 19.8 Å². The number of dihydropyridines is 1. The Hall–Kier alpha value is -5.24. The van der Waals surface area contributed by atoms with Gasteiger partial charge in [0, 0.05) is 23.5 Å². The molecule has 0 fully saturated rings. The normalized spacial score (nSPS) is 13.9. The predicted molar refractivity (Wildman–Crippen MR) is 157 cm³/mol. The number of hydrogen-bond acceptors (Lipinski definition) is 7. The summed E-state index contributed by atoms with van der Waals surface area (Å²) in [6.45, 7) is 3.40. The van der Waals surface area contributed by atoms with Gasteiger partial charge in [0.05, 0.1) is 22.0 Å². The number of benzene rings is 3. The molecular formula is C33H30N2O6.